The molecule has 1 heterocycles. The van der Waals surface area contributed by atoms with Crippen molar-refractivity contribution in [3.8, 4) is 0 Å². The smallest absolute Gasteiger partial charge is 0.306 e. The van der Waals surface area contributed by atoms with Gasteiger partial charge in [0.25, 0.3) is 0 Å². The molecule has 5 heteroatoms. The van der Waals surface area contributed by atoms with Crippen LogP contribution in [0.25, 0.3) is 0 Å². The molecule has 0 spiro atoms. The second-order valence-corrected chi connectivity index (χ2v) is 8.01. The summed E-state index contributed by atoms with van der Waals surface area (Å²) >= 11 is 6.26. The van der Waals surface area contributed by atoms with Crippen LogP contribution in [0.4, 0.5) is 0 Å². The molecule has 2 aliphatic rings. The zero-order valence-electron chi connectivity index (χ0n) is 14.8. The Morgan fingerprint density at radius 3 is 2.44 bits per heavy atom. The van der Waals surface area contributed by atoms with Crippen LogP contribution in [0.3, 0.4) is 0 Å². The van der Waals surface area contributed by atoms with Crippen molar-refractivity contribution in [2.24, 2.45) is 11.8 Å². The molecular formula is C20H29ClN2O2. The lowest BCUT2D eigenvalue weighted by atomic mass is 9.85. The highest BCUT2D eigenvalue weighted by atomic mass is 35.5. The maximum absolute atomic E-state index is 11.0. The summed E-state index contributed by atoms with van der Waals surface area (Å²) in [5, 5.41) is 13.6. The molecule has 0 bridgehead atoms. The minimum atomic E-state index is -0.621. The molecule has 1 aromatic rings. The SMILES string of the molecule is O=C(O)C1CCC(NCC2CCN(Cc3ccccc3Cl)CC2)CC1. The lowest BCUT2D eigenvalue weighted by Crippen LogP contribution is -2.41. The molecule has 2 fully saturated rings. The molecule has 25 heavy (non-hydrogen) atoms. The number of nitrogens with one attached hydrogen (secondary N) is 1. The van der Waals surface area contributed by atoms with Crippen molar-refractivity contribution in [1.29, 1.82) is 0 Å². The van der Waals surface area contributed by atoms with Crippen LogP contribution in [0.2, 0.25) is 5.02 Å². The molecule has 138 valence electrons. The van der Waals surface area contributed by atoms with Crippen molar-refractivity contribution in [1.82, 2.24) is 10.2 Å². The first kappa shape index (κ1) is 18.7. The summed E-state index contributed by atoms with van der Waals surface area (Å²) in [4.78, 5) is 13.5. The Labute approximate surface area is 155 Å². The maximum atomic E-state index is 11.0. The normalized spacial score (nSPS) is 25.8. The standard InChI is InChI=1S/C20H29ClN2O2/c21-19-4-2-1-3-17(19)14-23-11-9-15(10-12-23)13-22-18-7-5-16(6-8-18)20(24)25/h1-4,15-16,18,22H,5-14H2,(H,24,25). The highest BCUT2D eigenvalue weighted by Crippen LogP contribution is 2.26. The van der Waals surface area contributed by atoms with E-state index in [9.17, 15) is 4.79 Å². The lowest BCUT2D eigenvalue weighted by molar-refractivity contribution is -0.142. The topological polar surface area (TPSA) is 52.6 Å². The van der Waals surface area contributed by atoms with Crippen LogP contribution in [0.1, 0.15) is 44.1 Å². The van der Waals surface area contributed by atoms with Crippen molar-refractivity contribution in [2.45, 2.75) is 51.1 Å². The molecule has 2 N–H and O–H groups in total. The Bertz CT molecular complexity index is 565. The van der Waals surface area contributed by atoms with Gasteiger partial charge in [0.2, 0.25) is 0 Å². The third-order valence-corrected chi connectivity index (χ3v) is 6.20. The number of rotatable bonds is 6. The second-order valence-electron chi connectivity index (χ2n) is 7.61. The fourth-order valence-corrected chi connectivity index (χ4v) is 4.29. The number of hydrogen-bond acceptors (Lipinski definition) is 3. The Morgan fingerprint density at radius 1 is 1.12 bits per heavy atom. The molecule has 0 aromatic heterocycles. The van der Waals surface area contributed by atoms with Crippen molar-refractivity contribution < 1.29 is 9.90 Å². The van der Waals surface area contributed by atoms with Crippen LogP contribution >= 0.6 is 11.6 Å². The fourth-order valence-electron chi connectivity index (χ4n) is 4.09. The quantitative estimate of drug-likeness (QED) is 0.806. The zero-order chi connectivity index (χ0) is 17.6. The molecule has 1 aromatic carbocycles. The summed E-state index contributed by atoms with van der Waals surface area (Å²) in [6, 6.07) is 8.62. The molecule has 0 radical (unpaired) electrons. The van der Waals surface area contributed by atoms with E-state index in [1.807, 2.05) is 12.1 Å². The van der Waals surface area contributed by atoms with Gasteiger partial charge in [0.1, 0.15) is 0 Å². The van der Waals surface area contributed by atoms with Crippen LogP contribution < -0.4 is 5.32 Å². The van der Waals surface area contributed by atoms with Crippen molar-refractivity contribution in [3.05, 3.63) is 34.9 Å². The molecular weight excluding hydrogens is 336 g/mol. The van der Waals surface area contributed by atoms with Crippen LogP contribution in [0, 0.1) is 11.8 Å². The van der Waals surface area contributed by atoms with E-state index < -0.39 is 5.97 Å². The average molecular weight is 365 g/mol. The maximum Gasteiger partial charge on any atom is 0.306 e. The van der Waals surface area contributed by atoms with E-state index >= 15 is 0 Å². The number of aliphatic carboxylic acids is 1. The van der Waals surface area contributed by atoms with Crippen LogP contribution in [-0.4, -0.2) is 41.7 Å². The molecule has 0 atom stereocenters. The fraction of sp³-hybridized carbons (Fsp3) is 0.650. The molecule has 0 unspecified atom stereocenters. The molecule has 3 rings (SSSR count). The number of likely N-dealkylation sites (tertiary alicyclic amines) is 1. The third kappa shape index (κ3) is 5.44. The largest absolute Gasteiger partial charge is 0.481 e. The van der Waals surface area contributed by atoms with E-state index in [0.29, 0.717) is 6.04 Å². The molecule has 1 aliphatic heterocycles. The van der Waals surface area contributed by atoms with E-state index in [0.717, 1.165) is 62.8 Å². The monoisotopic (exact) mass is 364 g/mol. The van der Waals surface area contributed by atoms with Crippen LogP contribution in [0.5, 0.6) is 0 Å². The number of benzene rings is 1. The highest BCUT2D eigenvalue weighted by Gasteiger charge is 2.26. The minimum Gasteiger partial charge on any atom is -0.481 e. The third-order valence-electron chi connectivity index (χ3n) is 5.83. The van der Waals surface area contributed by atoms with Crippen molar-refractivity contribution in [3.63, 3.8) is 0 Å². The van der Waals surface area contributed by atoms with Gasteiger partial charge in [-0.1, -0.05) is 29.8 Å². The first-order valence-electron chi connectivity index (χ1n) is 9.53. The Balaban J connectivity index is 1.34. The number of carbonyl (C=O) groups is 1. The number of carboxylic acids is 1. The van der Waals surface area contributed by atoms with Gasteiger partial charge in [-0.25, -0.2) is 0 Å². The van der Waals surface area contributed by atoms with Gasteiger partial charge in [-0.2, -0.15) is 0 Å². The van der Waals surface area contributed by atoms with Gasteiger partial charge in [-0.05, 0) is 75.7 Å². The summed E-state index contributed by atoms with van der Waals surface area (Å²) in [6.07, 6.45) is 6.10. The predicted octanol–water partition coefficient (Wildman–Crippen LogP) is 3.79. The number of halogens is 1. The van der Waals surface area contributed by atoms with Gasteiger partial charge in [-0.3, -0.25) is 9.69 Å². The number of nitrogens with zero attached hydrogens (tertiary/aromatic N) is 1. The number of hydrogen-bond donors (Lipinski definition) is 2. The van der Waals surface area contributed by atoms with Gasteiger partial charge in [-0.15, -0.1) is 0 Å². The van der Waals surface area contributed by atoms with E-state index in [1.54, 1.807) is 0 Å². The molecule has 1 aliphatic carbocycles. The van der Waals surface area contributed by atoms with Gasteiger partial charge in [0.05, 0.1) is 5.92 Å². The van der Waals surface area contributed by atoms with Crippen LogP contribution in [-0.2, 0) is 11.3 Å². The summed E-state index contributed by atoms with van der Waals surface area (Å²) in [5.74, 6) is -0.00451. The Hall–Kier alpha value is -1.10. The predicted molar refractivity (Wildman–Crippen MR) is 101 cm³/mol. The van der Waals surface area contributed by atoms with Crippen molar-refractivity contribution in [2.75, 3.05) is 19.6 Å². The highest BCUT2D eigenvalue weighted by molar-refractivity contribution is 6.31. The van der Waals surface area contributed by atoms with E-state index in [-0.39, 0.29) is 5.92 Å². The summed E-state index contributed by atoms with van der Waals surface area (Å²) < 4.78 is 0. The summed E-state index contributed by atoms with van der Waals surface area (Å²) in [6.45, 7) is 4.27. The Kier molecular flexibility index (Phi) is 6.74. The number of carboxylic acid groups (broad SMARTS) is 1. The lowest BCUT2D eigenvalue weighted by Gasteiger charge is -2.34. The van der Waals surface area contributed by atoms with Gasteiger partial charge >= 0.3 is 5.97 Å². The zero-order valence-corrected chi connectivity index (χ0v) is 15.5. The molecule has 1 saturated carbocycles. The van der Waals surface area contributed by atoms with E-state index in [4.69, 9.17) is 16.7 Å². The van der Waals surface area contributed by atoms with E-state index in [1.165, 1.54) is 18.4 Å². The number of piperidine rings is 1. The molecule has 4 nitrogen and oxygen atoms in total. The first-order valence-corrected chi connectivity index (χ1v) is 9.91. The van der Waals surface area contributed by atoms with Gasteiger partial charge in [0.15, 0.2) is 0 Å². The second kappa shape index (κ2) is 9.02. The van der Waals surface area contributed by atoms with Crippen molar-refractivity contribution >= 4 is 17.6 Å². The molecule has 1 saturated heterocycles. The summed E-state index contributed by atoms with van der Waals surface area (Å²) in [5.41, 5.74) is 1.22. The molecule has 0 amide bonds. The minimum absolute atomic E-state index is 0.119. The van der Waals surface area contributed by atoms with E-state index in [2.05, 4.69) is 22.3 Å². The van der Waals surface area contributed by atoms with Crippen LogP contribution in [0.15, 0.2) is 24.3 Å². The first-order chi connectivity index (χ1) is 12.1. The average Bonchev–Trinajstić information content (AvgIpc) is 2.63. The van der Waals surface area contributed by atoms with Gasteiger partial charge < -0.3 is 10.4 Å². The summed E-state index contributed by atoms with van der Waals surface area (Å²) in [7, 11) is 0. The Morgan fingerprint density at radius 2 is 1.80 bits per heavy atom. The van der Waals surface area contributed by atoms with Gasteiger partial charge in [0, 0.05) is 17.6 Å².